The highest BCUT2D eigenvalue weighted by atomic mass is 35.5. The van der Waals surface area contributed by atoms with Gasteiger partial charge in [0.2, 0.25) is 0 Å². The van der Waals surface area contributed by atoms with E-state index in [0.717, 1.165) is 5.69 Å². The van der Waals surface area contributed by atoms with Crippen molar-refractivity contribution < 1.29 is 9.53 Å². The van der Waals surface area contributed by atoms with Crippen molar-refractivity contribution in [3.63, 3.8) is 0 Å². The minimum Gasteiger partial charge on any atom is -0.485 e. The van der Waals surface area contributed by atoms with Crippen LogP contribution in [0.2, 0.25) is 10.0 Å². The molecule has 1 N–H and O–H groups in total. The summed E-state index contributed by atoms with van der Waals surface area (Å²) in [6, 6.07) is 11.9. The minimum atomic E-state index is -0.354. The lowest BCUT2D eigenvalue weighted by molar-refractivity contribution is 0.102. The van der Waals surface area contributed by atoms with E-state index in [9.17, 15) is 4.79 Å². The highest BCUT2D eigenvalue weighted by Gasteiger charge is 2.13. The Balaban J connectivity index is 1.77. The van der Waals surface area contributed by atoms with E-state index in [-0.39, 0.29) is 5.91 Å². The van der Waals surface area contributed by atoms with Crippen LogP contribution in [0.3, 0.4) is 0 Å². The third-order valence-corrected chi connectivity index (χ3v) is 4.37. The van der Waals surface area contributed by atoms with Crippen molar-refractivity contribution in [2.75, 3.05) is 5.32 Å². The largest absolute Gasteiger partial charge is 0.485 e. The van der Waals surface area contributed by atoms with Crippen molar-refractivity contribution in [1.29, 1.82) is 0 Å². The number of anilines is 1. The zero-order valence-corrected chi connectivity index (χ0v) is 14.7. The second kappa shape index (κ2) is 7.66. The number of rotatable bonds is 5. The first-order valence-corrected chi connectivity index (χ1v) is 8.68. The van der Waals surface area contributed by atoms with Crippen LogP contribution in [-0.4, -0.2) is 10.9 Å². The summed E-state index contributed by atoms with van der Waals surface area (Å²) in [4.78, 5) is 16.6. The first-order chi connectivity index (χ1) is 11.6. The topological polar surface area (TPSA) is 51.2 Å². The molecule has 0 aliphatic heterocycles. The summed E-state index contributed by atoms with van der Waals surface area (Å²) in [5.41, 5.74) is 3.43. The zero-order chi connectivity index (χ0) is 16.9. The Morgan fingerprint density at radius 3 is 2.83 bits per heavy atom. The van der Waals surface area contributed by atoms with E-state index < -0.39 is 0 Å². The molecule has 4 nitrogen and oxygen atoms in total. The number of hydrogen-bond donors (Lipinski definition) is 1. The van der Waals surface area contributed by atoms with Gasteiger partial charge in [-0.15, -0.1) is 11.3 Å². The molecule has 0 aliphatic rings. The van der Waals surface area contributed by atoms with Gasteiger partial charge in [-0.1, -0.05) is 35.3 Å². The van der Waals surface area contributed by atoms with E-state index in [1.807, 2.05) is 17.5 Å². The summed E-state index contributed by atoms with van der Waals surface area (Å²) in [7, 11) is 0. The predicted octanol–water partition coefficient (Wildman–Crippen LogP) is 5.28. The summed E-state index contributed by atoms with van der Waals surface area (Å²) in [6.45, 7) is 0.328. The lowest BCUT2D eigenvalue weighted by Gasteiger charge is -2.12. The fraction of sp³-hybridized carbons (Fsp3) is 0.0588. The Labute approximate surface area is 153 Å². The van der Waals surface area contributed by atoms with E-state index in [1.165, 1.54) is 17.4 Å². The molecule has 3 rings (SSSR count). The van der Waals surface area contributed by atoms with Gasteiger partial charge >= 0.3 is 0 Å². The second-order valence-electron chi connectivity index (χ2n) is 4.84. The highest BCUT2D eigenvalue weighted by molar-refractivity contribution is 7.07. The van der Waals surface area contributed by atoms with Gasteiger partial charge in [0, 0.05) is 10.4 Å². The number of thiazole rings is 1. The number of aromatic nitrogens is 1. The Morgan fingerprint density at radius 2 is 2.04 bits per heavy atom. The number of hydrogen-bond acceptors (Lipinski definition) is 4. The van der Waals surface area contributed by atoms with Crippen molar-refractivity contribution in [3.05, 3.63) is 74.7 Å². The van der Waals surface area contributed by atoms with Gasteiger partial charge in [-0.3, -0.25) is 4.79 Å². The Kier molecular flexibility index (Phi) is 5.35. The lowest BCUT2D eigenvalue weighted by Crippen LogP contribution is -2.13. The zero-order valence-electron chi connectivity index (χ0n) is 12.3. The highest BCUT2D eigenvalue weighted by Crippen LogP contribution is 2.27. The van der Waals surface area contributed by atoms with Gasteiger partial charge in [0.25, 0.3) is 5.91 Å². The molecule has 0 fully saturated rings. The van der Waals surface area contributed by atoms with Crippen LogP contribution >= 0.6 is 34.5 Å². The average molecular weight is 379 g/mol. The van der Waals surface area contributed by atoms with Crippen LogP contribution in [-0.2, 0) is 6.61 Å². The van der Waals surface area contributed by atoms with E-state index in [2.05, 4.69) is 10.3 Å². The molecule has 0 saturated carbocycles. The second-order valence-corrected chi connectivity index (χ2v) is 6.41. The van der Waals surface area contributed by atoms with E-state index in [4.69, 9.17) is 27.9 Å². The summed E-state index contributed by atoms with van der Waals surface area (Å²) in [6.07, 6.45) is 0. The number of benzene rings is 2. The molecule has 3 aromatic rings. The van der Waals surface area contributed by atoms with Crippen LogP contribution in [0.4, 0.5) is 5.69 Å². The minimum absolute atomic E-state index is 0.304. The SMILES string of the molecule is O=C(Nc1ccccc1OCc1cscn1)c1cc(Cl)ccc1Cl. The maximum absolute atomic E-state index is 12.5. The van der Waals surface area contributed by atoms with Crippen LogP contribution in [0.25, 0.3) is 0 Å². The molecule has 0 unspecified atom stereocenters. The van der Waals surface area contributed by atoms with E-state index >= 15 is 0 Å². The fourth-order valence-electron chi connectivity index (χ4n) is 2.02. The lowest BCUT2D eigenvalue weighted by atomic mass is 10.2. The molecule has 1 aromatic heterocycles. The number of nitrogens with one attached hydrogen (secondary N) is 1. The van der Waals surface area contributed by atoms with Gasteiger partial charge < -0.3 is 10.1 Å². The standard InChI is InChI=1S/C17H12Cl2N2O2S/c18-11-5-6-14(19)13(7-11)17(22)21-15-3-1-2-4-16(15)23-8-12-9-24-10-20-12/h1-7,9-10H,8H2,(H,21,22). The van der Waals surface area contributed by atoms with E-state index in [1.54, 1.807) is 29.8 Å². The summed E-state index contributed by atoms with van der Waals surface area (Å²) >= 11 is 13.5. The number of amides is 1. The third kappa shape index (κ3) is 4.06. The smallest absolute Gasteiger partial charge is 0.257 e. The molecule has 1 amide bonds. The van der Waals surface area contributed by atoms with Gasteiger partial charge in [0.05, 0.1) is 27.5 Å². The molecule has 0 saturated heterocycles. The number of carbonyl (C=O) groups excluding carboxylic acids is 1. The molecular formula is C17H12Cl2N2O2S. The van der Waals surface area contributed by atoms with Gasteiger partial charge in [-0.25, -0.2) is 4.98 Å². The Morgan fingerprint density at radius 1 is 1.21 bits per heavy atom. The molecule has 0 radical (unpaired) electrons. The van der Waals surface area contributed by atoms with Crippen LogP contribution in [0.15, 0.2) is 53.4 Å². The molecule has 0 aliphatic carbocycles. The van der Waals surface area contributed by atoms with Crippen LogP contribution in [0.5, 0.6) is 5.75 Å². The van der Waals surface area contributed by atoms with Crippen molar-refractivity contribution in [2.24, 2.45) is 0 Å². The molecule has 2 aromatic carbocycles. The maximum atomic E-state index is 12.5. The van der Waals surface area contributed by atoms with Gasteiger partial charge in [0.15, 0.2) is 0 Å². The number of nitrogens with zero attached hydrogens (tertiary/aromatic N) is 1. The molecule has 24 heavy (non-hydrogen) atoms. The molecule has 0 bridgehead atoms. The van der Waals surface area contributed by atoms with Crippen molar-refractivity contribution >= 4 is 46.1 Å². The summed E-state index contributed by atoms with van der Waals surface area (Å²) in [5.74, 6) is 0.198. The van der Waals surface area contributed by atoms with Crippen LogP contribution in [0, 0.1) is 0 Å². The van der Waals surface area contributed by atoms with Crippen molar-refractivity contribution in [2.45, 2.75) is 6.61 Å². The number of carbonyl (C=O) groups is 1. The molecular weight excluding hydrogens is 367 g/mol. The van der Waals surface area contributed by atoms with Gasteiger partial charge in [-0.05, 0) is 30.3 Å². The van der Waals surface area contributed by atoms with Crippen molar-refractivity contribution in [1.82, 2.24) is 4.98 Å². The summed E-state index contributed by atoms with van der Waals surface area (Å²) < 4.78 is 5.74. The average Bonchev–Trinajstić information content (AvgIpc) is 3.09. The molecule has 0 atom stereocenters. The maximum Gasteiger partial charge on any atom is 0.257 e. The number of ether oxygens (including phenoxy) is 1. The summed E-state index contributed by atoms with van der Waals surface area (Å²) in [5, 5.41) is 5.48. The monoisotopic (exact) mass is 378 g/mol. The first kappa shape index (κ1) is 16.8. The molecule has 0 spiro atoms. The molecule has 1 heterocycles. The van der Waals surface area contributed by atoms with Crippen molar-refractivity contribution in [3.8, 4) is 5.75 Å². The Hall–Kier alpha value is -2.08. The van der Waals surface area contributed by atoms with E-state index in [0.29, 0.717) is 33.7 Å². The van der Waals surface area contributed by atoms with Gasteiger partial charge in [-0.2, -0.15) is 0 Å². The van der Waals surface area contributed by atoms with Crippen LogP contribution < -0.4 is 10.1 Å². The van der Waals surface area contributed by atoms with Crippen LogP contribution in [0.1, 0.15) is 16.1 Å². The number of halogens is 2. The fourth-order valence-corrected chi connectivity index (χ4v) is 2.94. The van der Waals surface area contributed by atoms with Gasteiger partial charge in [0.1, 0.15) is 12.4 Å². The third-order valence-electron chi connectivity index (χ3n) is 3.17. The molecule has 122 valence electrons. The first-order valence-electron chi connectivity index (χ1n) is 6.99. The normalized spacial score (nSPS) is 10.4. The quantitative estimate of drug-likeness (QED) is 0.656. The Bertz CT molecular complexity index is 854. The number of para-hydroxylation sites is 2. The predicted molar refractivity (Wildman–Crippen MR) is 97.3 cm³/mol. The molecule has 7 heteroatoms.